The van der Waals surface area contributed by atoms with Gasteiger partial charge in [-0.05, 0) is 37.1 Å². The molecule has 2 N–H and O–H groups in total. The maximum atomic E-state index is 12.8. The summed E-state index contributed by atoms with van der Waals surface area (Å²) < 4.78 is 12.8. The van der Waals surface area contributed by atoms with Crippen LogP contribution in [-0.4, -0.2) is 12.3 Å². The molecule has 0 radical (unpaired) electrons. The summed E-state index contributed by atoms with van der Waals surface area (Å²) in [7, 11) is 0. The molecule has 0 saturated heterocycles. The quantitative estimate of drug-likeness (QED) is 0.797. The lowest BCUT2D eigenvalue weighted by Gasteiger charge is -2.25. The number of hydrogen-bond acceptors (Lipinski definition) is 2. The summed E-state index contributed by atoms with van der Waals surface area (Å²) in [4.78, 5) is 12.3. The van der Waals surface area contributed by atoms with Gasteiger partial charge in [0.2, 0.25) is 0 Å². The van der Waals surface area contributed by atoms with Crippen LogP contribution in [0.15, 0.2) is 24.3 Å². The Bertz CT molecular complexity index is 379. The van der Waals surface area contributed by atoms with Gasteiger partial charge in [-0.15, -0.1) is 0 Å². The van der Waals surface area contributed by atoms with Crippen LogP contribution in [0.25, 0.3) is 0 Å². The highest BCUT2D eigenvalue weighted by Crippen LogP contribution is 2.39. The molecule has 0 amide bonds. The molecule has 1 aliphatic carbocycles. The number of Topliss-reactive ketones (excluding diaryl/α,β-unsaturated/α-hetero) is 1. The van der Waals surface area contributed by atoms with Crippen molar-refractivity contribution < 1.29 is 9.18 Å². The molecular weight excluding hydrogens is 205 g/mol. The second-order valence-corrected chi connectivity index (χ2v) is 4.53. The Morgan fingerprint density at radius 1 is 1.25 bits per heavy atom. The van der Waals surface area contributed by atoms with E-state index in [-0.39, 0.29) is 11.6 Å². The molecule has 0 aromatic heterocycles. The number of ketones is 1. The van der Waals surface area contributed by atoms with Crippen LogP contribution >= 0.6 is 0 Å². The van der Waals surface area contributed by atoms with Gasteiger partial charge in [0.1, 0.15) is 5.82 Å². The predicted molar refractivity (Wildman–Crippen MR) is 60.7 cm³/mol. The molecule has 0 aliphatic heterocycles. The fraction of sp³-hybridized carbons (Fsp3) is 0.462. The zero-order valence-corrected chi connectivity index (χ0v) is 9.21. The minimum absolute atomic E-state index is 0.0764. The van der Waals surface area contributed by atoms with Crippen LogP contribution in [0.3, 0.4) is 0 Å². The molecule has 2 rings (SSSR count). The Labute approximate surface area is 94.6 Å². The van der Waals surface area contributed by atoms with Gasteiger partial charge in [0.05, 0.1) is 0 Å². The SMILES string of the molecule is NCC1(C(=O)c2ccc(F)cc2)CCCC1. The lowest BCUT2D eigenvalue weighted by Crippen LogP contribution is -2.36. The molecule has 1 aromatic rings. The van der Waals surface area contributed by atoms with Crippen molar-refractivity contribution in [2.24, 2.45) is 11.1 Å². The Hall–Kier alpha value is -1.22. The summed E-state index contributed by atoms with van der Waals surface area (Å²) in [5.41, 5.74) is 5.93. The standard InChI is InChI=1S/C13H16FNO/c14-11-5-3-10(4-6-11)12(16)13(9-15)7-1-2-8-13/h3-6H,1-2,7-9,15H2. The van der Waals surface area contributed by atoms with Crippen LogP contribution < -0.4 is 5.73 Å². The smallest absolute Gasteiger partial charge is 0.170 e. The summed E-state index contributed by atoms with van der Waals surface area (Å²) in [5, 5.41) is 0. The van der Waals surface area contributed by atoms with Gasteiger partial charge in [0.25, 0.3) is 0 Å². The Morgan fingerprint density at radius 2 is 1.81 bits per heavy atom. The number of carbonyl (C=O) groups is 1. The van der Waals surface area contributed by atoms with Crippen LogP contribution in [0.4, 0.5) is 4.39 Å². The third kappa shape index (κ3) is 1.87. The van der Waals surface area contributed by atoms with Crippen molar-refractivity contribution in [3.63, 3.8) is 0 Å². The van der Waals surface area contributed by atoms with Crippen molar-refractivity contribution in [3.05, 3.63) is 35.6 Å². The minimum atomic E-state index is -0.391. The van der Waals surface area contributed by atoms with Gasteiger partial charge in [-0.2, -0.15) is 0 Å². The first-order chi connectivity index (χ1) is 7.68. The van der Waals surface area contributed by atoms with E-state index in [1.54, 1.807) is 12.1 Å². The third-order valence-corrected chi connectivity index (χ3v) is 3.54. The lowest BCUT2D eigenvalue weighted by atomic mass is 9.79. The van der Waals surface area contributed by atoms with Crippen molar-refractivity contribution >= 4 is 5.78 Å². The average Bonchev–Trinajstić information content (AvgIpc) is 2.79. The highest BCUT2D eigenvalue weighted by molar-refractivity contribution is 6.00. The van der Waals surface area contributed by atoms with Gasteiger partial charge in [-0.1, -0.05) is 12.8 Å². The number of halogens is 1. The molecule has 16 heavy (non-hydrogen) atoms. The fourth-order valence-corrected chi connectivity index (χ4v) is 2.48. The first-order valence-electron chi connectivity index (χ1n) is 5.68. The van der Waals surface area contributed by atoms with Crippen LogP contribution in [0.5, 0.6) is 0 Å². The molecular formula is C13H16FNO. The van der Waals surface area contributed by atoms with E-state index in [4.69, 9.17) is 5.73 Å². The summed E-state index contributed by atoms with van der Waals surface area (Å²) in [6.07, 6.45) is 3.84. The maximum absolute atomic E-state index is 12.8. The van der Waals surface area contributed by atoms with E-state index in [0.29, 0.717) is 12.1 Å². The zero-order chi connectivity index (χ0) is 11.6. The summed E-state index contributed by atoms with van der Waals surface area (Å²) in [5.74, 6) is -0.239. The van der Waals surface area contributed by atoms with E-state index < -0.39 is 5.41 Å². The number of nitrogens with two attached hydrogens (primary N) is 1. The van der Waals surface area contributed by atoms with Crippen molar-refractivity contribution in [3.8, 4) is 0 Å². The summed E-state index contributed by atoms with van der Waals surface area (Å²) in [6, 6.07) is 5.75. The van der Waals surface area contributed by atoms with Crippen LogP contribution in [0.1, 0.15) is 36.0 Å². The van der Waals surface area contributed by atoms with Gasteiger partial charge in [0.15, 0.2) is 5.78 Å². The molecule has 1 aliphatic rings. The number of carbonyl (C=O) groups excluding carboxylic acids is 1. The molecule has 0 spiro atoms. The molecule has 1 saturated carbocycles. The monoisotopic (exact) mass is 221 g/mol. The van der Waals surface area contributed by atoms with Crippen molar-refractivity contribution in [1.29, 1.82) is 0 Å². The maximum Gasteiger partial charge on any atom is 0.170 e. The topological polar surface area (TPSA) is 43.1 Å². The molecule has 86 valence electrons. The second-order valence-electron chi connectivity index (χ2n) is 4.53. The molecule has 0 heterocycles. The first-order valence-corrected chi connectivity index (χ1v) is 5.68. The third-order valence-electron chi connectivity index (χ3n) is 3.54. The Kier molecular flexibility index (Phi) is 3.06. The van der Waals surface area contributed by atoms with E-state index >= 15 is 0 Å². The normalized spacial score (nSPS) is 18.6. The van der Waals surface area contributed by atoms with Gasteiger partial charge < -0.3 is 5.73 Å². The molecule has 0 unspecified atom stereocenters. The molecule has 0 atom stereocenters. The van der Waals surface area contributed by atoms with E-state index in [2.05, 4.69) is 0 Å². The van der Waals surface area contributed by atoms with Crippen LogP contribution in [0.2, 0.25) is 0 Å². The largest absolute Gasteiger partial charge is 0.329 e. The van der Waals surface area contributed by atoms with E-state index in [1.165, 1.54) is 12.1 Å². The zero-order valence-electron chi connectivity index (χ0n) is 9.21. The molecule has 3 heteroatoms. The predicted octanol–water partition coefficient (Wildman–Crippen LogP) is 2.53. The summed E-state index contributed by atoms with van der Waals surface area (Å²) >= 11 is 0. The molecule has 2 nitrogen and oxygen atoms in total. The van der Waals surface area contributed by atoms with Crippen molar-refractivity contribution in [2.75, 3.05) is 6.54 Å². The van der Waals surface area contributed by atoms with E-state index in [9.17, 15) is 9.18 Å². The number of rotatable bonds is 3. The second kappa shape index (κ2) is 4.34. The van der Waals surface area contributed by atoms with Gasteiger partial charge in [0, 0.05) is 17.5 Å². The molecule has 0 bridgehead atoms. The van der Waals surface area contributed by atoms with E-state index in [1.807, 2.05) is 0 Å². The first kappa shape index (κ1) is 11.3. The number of benzene rings is 1. The Morgan fingerprint density at radius 3 is 2.31 bits per heavy atom. The lowest BCUT2D eigenvalue weighted by molar-refractivity contribution is 0.0810. The Balaban J connectivity index is 2.26. The van der Waals surface area contributed by atoms with Gasteiger partial charge in [-0.3, -0.25) is 4.79 Å². The molecule has 1 fully saturated rings. The average molecular weight is 221 g/mol. The van der Waals surface area contributed by atoms with Gasteiger partial charge in [-0.25, -0.2) is 4.39 Å². The summed E-state index contributed by atoms with van der Waals surface area (Å²) in [6.45, 7) is 0.392. The van der Waals surface area contributed by atoms with E-state index in [0.717, 1.165) is 25.7 Å². The van der Waals surface area contributed by atoms with Gasteiger partial charge >= 0.3 is 0 Å². The highest BCUT2D eigenvalue weighted by atomic mass is 19.1. The fourth-order valence-electron chi connectivity index (χ4n) is 2.48. The molecule has 1 aromatic carbocycles. The van der Waals surface area contributed by atoms with Crippen LogP contribution in [0, 0.1) is 11.2 Å². The number of hydrogen-bond donors (Lipinski definition) is 1. The van der Waals surface area contributed by atoms with Crippen molar-refractivity contribution in [1.82, 2.24) is 0 Å². The van der Waals surface area contributed by atoms with Crippen molar-refractivity contribution in [2.45, 2.75) is 25.7 Å². The minimum Gasteiger partial charge on any atom is -0.329 e. The van der Waals surface area contributed by atoms with Crippen LogP contribution in [-0.2, 0) is 0 Å². The highest BCUT2D eigenvalue weighted by Gasteiger charge is 2.39.